The smallest absolute Gasteiger partial charge is 0.238 e. The van der Waals surface area contributed by atoms with Gasteiger partial charge in [0.15, 0.2) is 5.78 Å². The number of carbonyl (C=O) groups excluding carboxylic acids is 1. The molecule has 0 saturated heterocycles. The number of rotatable bonds is 10. The Morgan fingerprint density at radius 1 is 1.14 bits per heavy atom. The first-order valence-electron chi connectivity index (χ1n) is 15.6. The molecule has 3 atom stereocenters. The van der Waals surface area contributed by atoms with Crippen LogP contribution in [0.5, 0.6) is 17.2 Å². The minimum Gasteiger partial charge on any atom is -0.496 e. The summed E-state index contributed by atoms with van der Waals surface area (Å²) in [4.78, 5) is 12.6. The molecule has 5 rings (SSSR count). The van der Waals surface area contributed by atoms with Crippen molar-refractivity contribution >= 4 is 11.3 Å². The fourth-order valence-corrected chi connectivity index (χ4v) is 4.23. The van der Waals surface area contributed by atoms with Crippen LogP contribution in [0.3, 0.4) is 0 Å². The zero-order valence-electron chi connectivity index (χ0n) is 27.2. The van der Waals surface area contributed by atoms with Gasteiger partial charge in [0.05, 0.1) is 38.2 Å². The van der Waals surface area contributed by atoms with Gasteiger partial charge in [0, 0.05) is 18.4 Å². The van der Waals surface area contributed by atoms with Gasteiger partial charge in [0.25, 0.3) is 0 Å². The van der Waals surface area contributed by atoms with Crippen molar-refractivity contribution in [3.63, 3.8) is 0 Å². The Labute approximate surface area is 260 Å². The standard InChI is InChI=1S/C25H31FN2O4.C6H10O.C4H7F/c1-7-20(29)24-21(30-6)12-16(13-22(24)31-23(26)8-2)18-14-27-28-15-17(10-11-19(18)28)32-25(4,5)9-3;1-2-4-6-7-5-3-1;1-3-2-4(3)5/h10-15,23H,7-9H2,1-6H3;1-2H,3-6H2;3-4H,2H2,1H3/t;;3-,4+/m..1/s1. The van der Waals surface area contributed by atoms with Crippen molar-refractivity contribution < 1.29 is 32.5 Å². The van der Waals surface area contributed by atoms with E-state index in [0.29, 0.717) is 23.0 Å². The summed E-state index contributed by atoms with van der Waals surface area (Å²) in [7, 11) is 1.48. The molecule has 2 aromatic heterocycles. The van der Waals surface area contributed by atoms with Gasteiger partial charge < -0.3 is 18.9 Å². The van der Waals surface area contributed by atoms with Gasteiger partial charge in [-0.2, -0.15) is 5.10 Å². The van der Waals surface area contributed by atoms with Gasteiger partial charge >= 0.3 is 0 Å². The first kappa shape index (κ1) is 35.0. The van der Waals surface area contributed by atoms with Crippen LogP contribution in [0.2, 0.25) is 0 Å². The number of nitrogens with zero attached hydrogens (tertiary/aromatic N) is 2. The Balaban J connectivity index is 0.000000362. The maximum absolute atomic E-state index is 14.1. The number of halogens is 2. The van der Waals surface area contributed by atoms with Gasteiger partial charge in [-0.15, -0.1) is 0 Å². The minimum atomic E-state index is -1.52. The number of carbonyl (C=O) groups is 1. The zero-order chi connectivity index (χ0) is 32.3. The summed E-state index contributed by atoms with van der Waals surface area (Å²) in [6.45, 7) is 13.3. The highest BCUT2D eigenvalue weighted by atomic mass is 19.1. The van der Waals surface area contributed by atoms with Gasteiger partial charge in [-0.3, -0.25) is 4.79 Å². The predicted octanol–water partition coefficient (Wildman–Crippen LogP) is 8.97. The molecule has 7 nitrogen and oxygen atoms in total. The topological polar surface area (TPSA) is 71.3 Å². The number of ether oxygens (including phenoxy) is 4. The monoisotopic (exact) mass is 614 g/mol. The molecule has 1 unspecified atom stereocenters. The molecule has 9 heteroatoms. The third-order valence-corrected chi connectivity index (χ3v) is 7.54. The summed E-state index contributed by atoms with van der Waals surface area (Å²) >= 11 is 0. The van der Waals surface area contributed by atoms with E-state index in [1.807, 2.05) is 39.1 Å². The third-order valence-electron chi connectivity index (χ3n) is 7.54. The van der Waals surface area contributed by atoms with Crippen molar-refractivity contribution in [3.8, 4) is 28.4 Å². The number of alkyl halides is 2. The van der Waals surface area contributed by atoms with Crippen molar-refractivity contribution in [1.82, 2.24) is 9.61 Å². The number of pyridine rings is 1. The van der Waals surface area contributed by atoms with Crippen LogP contribution in [0, 0.1) is 5.92 Å². The Morgan fingerprint density at radius 2 is 1.77 bits per heavy atom. The lowest BCUT2D eigenvalue weighted by atomic mass is 9.99. The molecule has 1 fully saturated rings. The number of Topliss-reactive ketones (excluding diaryl/α,β-unsaturated/α-hetero) is 1. The molecule has 0 radical (unpaired) electrons. The van der Waals surface area contributed by atoms with E-state index in [1.165, 1.54) is 7.11 Å². The van der Waals surface area contributed by atoms with Crippen molar-refractivity contribution in [2.24, 2.45) is 5.92 Å². The number of methoxy groups -OCH3 is 1. The average molecular weight is 615 g/mol. The van der Waals surface area contributed by atoms with Gasteiger partial charge in [-0.05, 0) is 75.3 Å². The molecule has 1 aliphatic heterocycles. The lowest BCUT2D eigenvalue weighted by Crippen LogP contribution is -2.26. The molecular formula is C35H48F2N2O5. The number of benzene rings is 1. The largest absolute Gasteiger partial charge is 0.496 e. The lowest BCUT2D eigenvalue weighted by molar-refractivity contribution is 0.0623. The van der Waals surface area contributed by atoms with Crippen LogP contribution >= 0.6 is 0 Å². The van der Waals surface area contributed by atoms with Crippen LogP contribution in [0.4, 0.5) is 8.78 Å². The average Bonchev–Trinajstić information content (AvgIpc) is 3.64. The highest BCUT2D eigenvalue weighted by Gasteiger charge is 2.31. The van der Waals surface area contributed by atoms with Gasteiger partial charge in [-0.1, -0.05) is 39.8 Å². The summed E-state index contributed by atoms with van der Waals surface area (Å²) in [6.07, 6.45) is 10.2. The van der Waals surface area contributed by atoms with E-state index in [2.05, 4.69) is 24.2 Å². The molecule has 44 heavy (non-hydrogen) atoms. The van der Waals surface area contributed by atoms with Crippen LogP contribution in [0.1, 0.15) is 90.4 Å². The van der Waals surface area contributed by atoms with Gasteiger partial charge in [0.1, 0.15) is 34.6 Å². The van der Waals surface area contributed by atoms with Gasteiger partial charge in [0.2, 0.25) is 6.36 Å². The highest BCUT2D eigenvalue weighted by molar-refractivity contribution is 6.02. The summed E-state index contributed by atoms with van der Waals surface area (Å²) in [5, 5.41) is 4.46. The summed E-state index contributed by atoms with van der Waals surface area (Å²) in [5.41, 5.74) is 2.32. The minimum absolute atomic E-state index is 0.167. The lowest BCUT2D eigenvalue weighted by Gasteiger charge is -2.24. The maximum Gasteiger partial charge on any atom is 0.238 e. The second-order valence-corrected chi connectivity index (χ2v) is 11.6. The SMILES string of the molecule is C1=CCCOCC1.CCC(=O)c1c(OC)cc(-c2cnn3cc(OC(C)(C)CC)ccc23)cc1OC(F)CC.C[C@@H]1C[C@@H]1F. The Hall–Kier alpha value is -3.46. The fourth-order valence-electron chi connectivity index (χ4n) is 4.23. The van der Waals surface area contributed by atoms with Gasteiger partial charge in [-0.25, -0.2) is 13.3 Å². The summed E-state index contributed by atoms with van der Waals surface area (Å²) in [6, 6.07) is 7.26. The van der Waals surface area contributed by atoms with Crippen LogP contribution in [-0.2, 0) is 4.74 Å². The van der Waals surface area contributed by atoms with E-state index in [-0.39, 0.29) is 35.5 Å². The molecule has 1 aliphatic carbocycles. The van der Waals surface area contributed by atoms with Crippen LogP contribution in [0.15, 0.2) is 48.8 Å². The molecule has 3 aromatic rings. The van der Waals surface area contributed by atoms with Crippen molar-refractivity contribution in [1.29, 1.82) is 0 Å². The fraction of sp³-hybridized carbons (Fsp3) is 0.543. The molecule has 0 bridgehead atoms. The van der Waals surface area contributed by atoms with Crippen molar-refractivity contribution in [2.45, 2.75) is 98.2 Å². The molecule has 0 N–H and O–H groups in total. The van der Waals surface area contributed by atoms with Crippen molar-refractivity contribution in [2.75, 3.05) is 20.3 Å². The number of aromatic nitrogens is 2. The summed E-state index contributed by atoms with van der Waals surface area (Å²) in [5.74, 6) is 1.44. The predicted molar refractivity (Wildman–Crippen MR) is 170 cm³/mol. The van der Waals surface area contributed by atoms with Crippen LogP contribution in [0.25, 0.3) is 16.6 Å². The molecule has 242 valence electrons. The Kier molecular flexibility index (Phi) is 13.2. The van der Waals surface area contributed by atoms with Crippen LogP contribution < -0.4 is 14.2 Å². The molecule has 2 aliphatic rings. The second-order valence-electron chi connectivity index (χ2n) is 11.6. The number of fused-ring (bicyclic) bond motifs is 1. The molecule has 0 amide bonds. The molecule has 1 saturated carbocycles. The van der Waals surface area contributed by atoms with E-state index in [1.54, 1.807) is 36.7 Å². The first-order chi connectivity index (χ1) is 21.0. The van der Waals surface area contributed by atoms with E-state index in [9.17, 15) is 13.6 Å². The molecule has 1 aromatic carbocycles. The van der Waals surface area contributed by atoms with E-state index < -0.39 is 12.5 Å². The van der Waals surface area contributed by atoms with E-state index in [0.717, 1.165) is 50.0 Å². The Morgan fingerprint density at radius 3 is 2.32 bits per heavy atom. The number of hydrogen-bond acceptors (Lipinski definition) is 6. The number of hydrogen-bond donors (Lipinski definition) is 0. The van der Waals surface area contributed by atoms with E-state index in [4.69, 9.17) is 18.9 Å². The molecule has 0 spiro atoms. The quantitative estimate of drug-likeness (QED) is 0.168. The molecular weight excluding hydrogens is 566 g/mol. The van der Waals surface area contributed by atoms with E-state index >= 15 is 0 Å². The highest BCUT2D eigenvalue weighted by Crippen LogP contribution is 2.38. The normalized spacial score (nSPS) is 18.2. The zero-order valence-corrected chi connectivity index (χ0v) is 27.2. The summed E-state index contributed by atoms with van der Waals surface area (Å²) < 4.78 is 49.5. The Bertz CT molecular complexity index is 1370. The molecule has 3 heterocycles. The maximum atomic E-state index is 14.1. The first-order valence-corrected chi connectivity index (χ1v) is 15.6. The van der Waals surface area contributed by atoms with Crippen molar-refractivity contribution in [3.05, 3.63) is 54.4 Å². The number of ketones is 1. The van der Waals surface area contributed by atoms with Crippen LogP contribution in [-0.4, -0.2) is 53.9 Å². The second kappa shape index (κ2) is 16.6. The third kappa shape index (κ3) is 10.0.